The molecule has 154 valence electrons. The van der Waals surface area contributed by atoms with E-state index in [1.165, 1.54) is 12.8 Å². The van der Waals surface area contributed by atoms with Crippen LogP contribution in [0.2, 0.25) is 0 Å². The van der Waals surface area contributed by atoms with E-state index in [1.54, 1.807) is 24.3 Å². The van der Waals surface area contributed by atoms with Crippen molar-refractivity contribution in [1.29, 1.82) is 0 Å². The largest absolute Gasteiger partial charge is 0.493 e. The average Bonchev–Trinajstić information content (AvgIpc) is 3.68. The summed E-state index contributed by atoms with van der Waals surface area (Å²) in [5.74, 6) is 9.21. The molecule has 5 rings (SSSR count). The number of fused-ring (bicyclic) bond motifs is 1. The number of amides is 1. The van der Waals surface area contributed by atoms with E-state index in [-0.39, 0.29) is 12.6 Å². The summed E-state index contributed by atoms with van der Waals surface area (Å²) in [4.78, 5) is 18.9. The van der Waals surface area contributed by atoms with Gasteiger partial charge in [-0.2, -0.15) is 0 Å². The average molecular weight is 404 g/mol. The quantitative estimate of drug-likeness (QED) is 0.681. The molecule has 0 saturated heterocycles. The molecule has 0 bridgehead atoms. The predicted octanol–water partition coefficient (Wildman–Crippen LogP) is 4.03. The first-order valence-electron chi connectivity index (χ1n) is 10.5. The van der Waals surface area contributed by atoms with E-state index in [2.05, 4.69) is 16.8 Å². The molecule has 6 nitrogen and oxygen atoms in total. The molecule has 1 aliphatic heterocycles. The minimum Gasteiger partial charge on any atom is -0.493 e. The Morgan fingerprint density at radius 2 is 2.07 bits per heavy atom. The monoisotopic (exact) mass is 404 g/mol. The summed E-state index contributed by atoms with van der Waals surface area (Å²) in [5, 5.41) is 0. The number of nitrogens with zero attached hydrogens (tertiary/aromatic N) is 2. The molecule has 6 heteroatoms. The van der Waals surface area contributed by atoms with Crippen molar-refractivity contribution in [2.24, 2.45) is 11.8 Å². The Morgan fingerprint density at radius 1 is 1.20 bits per heavy atom. The number of hydrogen-bond donors (Lipinski definition) is 0. The first-order valence-corrected chi connectivity index (χ1v) is 10.5. The smallest absolute Gasteiger partial charge is 0.266 e. The standard InChI is InChI=1S/C24H24N2O4/c1-28-23-13-19(8-9-21(23)29-11-10-17-4-5-17)26-15-30-22-12-18(7-6-16-2-3-16)25-14-20(22)24(26)27/h8-9,12-14,16-17H,2-5,10-11,15H2,1H3. The molecule has 2 heterocycles. The van der Waals surface area contributed by atoms with Gasteiger partial charge in [0.15, 0.2) is 18.2 Å². The number of pyridine rings is 1. The molecular formula is C24H24N2O4. The molecule has 0 atom stereocenters. The summed E-state index contributed by atoms with van der Waals surface area (Å²) in [6.45, 7) is 0.799. The van der Waals surface area contributed by atoms with Crippen molar-refractivity contribution in [3.63, 3.8) is 0 Å². The van der Waals surface area contributed by atoms with E-state index in [0.717, 1.165) is 25.2 Å². The van der Waals surface area contributed by atoms with Crippen molar-refractivity contribution < 1.29 is 19.0 Å². The molecule has 2 fully saturated rings. The maximum Gasteiger partial charge on any atom is 0.266 e. The van der Waals surface area contributed by atoms with Gasteiger partial charge >= 0.3 is 0 Å². The van der Waals surface area contributed by atoms with Gasteiger partial charge < -0.3 is 14.2 Å². The van der Waals surface area contributed by atoms with Crippen LogP contribution in [0.15, 0.2) is 30.5 Å². The van der Waals surface area contributed by atoms with Crippen LogP contribution in [-0.4, -0.2) is 31.3 Å². The van der Waals surface area contributed by atoms with E-state index in [9.17, 15) is 4.79 Å². The minimum atomic E-state index is -0.157. The maximum atomic E-state index is 13.0. The first kappa shape index (κ1) is 18.8. The van der Waals surface area contributed by atoms with Crippen LogP contribution in [-0.2, 0) is 0 Å². The molecule has 0 radical (unpaired) electrons. The first-order chi connectivity index (χ1) is 14.7. The molecule has 1 amide bonds. The molecule has 0 unspecified atom stereocenters. The van der Waals surface area contributed by atoms with Crippen molar-refractivity contribution in [3.05, 3.63) is 41.7 Å². The van der Waals surface area contributed by atoms with Crippen molar-refractivity contribution in [2.75, 3.05) is 25.3 Å². The van der Waals surface area contributed by atoms with Gasteiger partial charge in [-0.25, -0.2) is 4.98 Å². The minimum absolute atomic E-state index is 0.121. The third-order valence-electron chi connectivity index (χ3n) is 5.61. The Bertz CT molecular complexity index is 1030. The van der Waals surface area contributed by atoms with E-state index in [0.29, 0.717) is 46.7 Å². The van der Waals surface area contributed by atoms with Gasteiger partial charge in [0.05, 0.1) is 19.4 Å². The number of carbonyl (C=O) groups is 1. The lowest BCUT2D eigenvalue weighted by molar-refractivity contribution is 0.0936. The third-order valence-corrected chi connectivity index (χ3v) is 5.61. The third kappa shape index (κ3) is 4.06. The fourth-order valence-electron chi connectivity index (χ4n) is 3.40. The van der Waals surface area contributed by atoms with Crippen LogP contribution in [0, 0.1) is 23.7 Å². The van der Waals surface area contributed by atoms with Crippen LogP contribution in [0.25, 0.3) is 0 Å². The summed E-state index contributed by atoms with van der Waals surface area (Å²) in [6, 6.07) is 7.25. The summed E-state index contributed by atoms with van der Waals surface area (Å²) >= 11 is 0. The van der Waals surface area contributed by atoms with Crippen LogP contribution in [0.1, 0.15) is 48.2 Å². The van der Waals surface area contributed by atoms with Crippen LogP contribution in [0.4, 0.5) is 5.69 Å². The number of carbonyl (C=O) groups excluding carboxylic acids is 1. The lowest BCUT2D eigenvalue weighted by Gasteiger charge is -2.29. The Labute approximate surface area is 176 Å². The summed E-state index contributed by atoms with van der Waals surface area (Å²) in [6.07, 6.45) is 7.56. The summed E-state index contributed by atoms with van der Waals surface area (Å²) in [7, 11) is 1.60. The molecular weight excluding hydrogens is 380 g/mol. The van der Waals surface area contributed by atoms with Crippen molar-refractivity contribution in [1.82, 2.24) is 4.98 Å². The zero-order valence-corrected chi connectivity index (χ0v) is 17.0. The van der Waals surface area contributed by atoms with Gasteiger partial charge in [0.2, 0.25) is 0 Å². The Hall–Kier alpha value is -3.20. The predicted molar refractivity (Wildman–Crippen MR) is 112 cm³/mol. The molecule has 2 aromatic rings. The molecule has 3 aliphatic rings. The second kappa shape index (κ2) is 7.91. The number of benzene rings is 1. The van der Waals surface area contributed by atoms with Gasteiger partial charge in [-0.1, -0.05) is 18.8 Å². The Balaban J connectivity index is 1.32. The molecule has 2 saturated carbocycles. The van der Waals surface area contributed by atoms with E-state index < -0.39 is 0 Å². The van der Waals surface area contributed by atoms with Crippen LogP contribution >= 0.6 is 0 Å². The maximum absolute atomic E-state index is 13.0. The molecule has 30 heavy (non-hydrogen) atoms. The lowest BCUT2D eigenvalue weighted by Crippen LogP contribution is -2.38. The normalized spacial score (nSPS) is 17.5. The Kier molecular flexibility index (Phi) is 4.96. The van der Waals surface area contributed by atoms with Crippen LogP contribution < -0.4 is 19.1 Å². The highest BCUT2D eigenvalue weighted by Gasteiger charge is 2.28. The van der Waals surface area contributed by atoms with Gasteiger partial charge in [0.25, 0.3) is 5.91 Å². The fourth-order valence-corrected chi connectivity index (χ4v) is 3.40. The van der Waals surface area contributed by atoms with Gasteiger partial charge in [0, 0.05) is 24.2 Å². The summed E-state index contributed by atoms with van der Waals surface area (Å²) in [5.41, 5.74) is 1.76. The number of ether oxygens (including phenoxy) is 3. The van der Waals surface area contributed by atoms with Gasteiger partial charge in [-0.3, -0.25) is 9.69 Å². The highest BCUT2D eigenvalue weighted by molar-refractivity contribution is 6.08. The zero-order valence-electron chi connectivity index (χ0n) is 17.0. The van der Waals surface area contributed by atoms with Crippen molar-refractivity contribution in [2.45, 2.75) is 32.1 Å². The number of hydrogen-bond acceptors (Lipinski definition) is 5. The second-order valence-corrected chi connectivity index (χ2v) is 8.03. The second-order valence-electron chi connectivity index (χ2n) is 8.03. The SMILES string of the molecule is COc1cc(N2COc3cc(C#CC4CC4)ncc3C2=O)ccc1OCCC1CC1. The fraction of sp³-hybridized carbons (Fsp3) is 0.417. The Morgan fingerprint density at radius 3 is 2.83 bits per heavy atom. The topological polar surface area (TPSA) is 60.9 Å². The lowest BCUT2D eigenvalue weighted by atomic mass is 10.1. The van der Waals surface area contributed by atoms with Crippen LogP contribution in [0.5, 0.6) is 17.2 Å². The van der Waals surface area contributed by atoms with Crippen molar-refractivity contribution >= 4 is 11.6 Å². The van der Waals surface area contributed by atoms with E-state index in [4.69, 9.17) is 14.2 Å². The van der Waals surface area contributed by atoms with E-state index >= 15 is 0 Å². The molecule has 0 spiro atoms. The summed E-state index contributed by atoms with van der Waals surface area (Å²) < 4.78 is 17.2. The van der Waals surface area contributed by atoms with E-state index in [1.807, 2.05) is 18.2 Å². The number of anilines is 1. The van der Waals surface area contributed by atoms with Crippen molar-refractivity contribution in [3.8, 4) is 29.1 Å². The van der Waals surface area contributed by atoms with Gasteiger partial charge in [-0.15, -0.1) is 0 Å². The molecule has 0 N–H and O–H groups in total. The molecule has 1 aromatic carbocycles. The highest BCUT2D eigenvalue weighted by atomic mass is 16.5. The van der Waals surface area contributed by atoms with Crippen LogP contribution in [0.3, 0.4) is 0 Å². The molecule has 1 aromatic heterocycles. The van der Waals surface area contributed by atoms with Gasteiger partial charge in [-0.05, 0) is 43.2 Å². The number of aromatic nitrogens is 1. The zero-order chi connectivity index (χ0) is 20.5. The number of methoxy groups -OCH3 is 1. The molecule has 2 aliphatic carbocycles. The highest BCUT2D eigenvalue weighted by Crippen LogP contribution is 2.36. The number of rotatable bonds is 6. The van der Waals surface area contributed by atoms with Gasteiger partial charge in [0.1, 0.15) is 17.0 Å².